The van der Waals surface area contributed by atoms with E-state index in [0.717, 1.165) is 4.47 Å². The number of rotatable bonds is 4. The van der Waals surface area contributed by atoms with Gasteiger partial charge in [0.15, 0.2) is 16.6 Å². The van der Waals surface area contributed by atoms with E-state index in [2.05, 4.69) is 26.7 Å². The van der Waals surface area contributed by atoms with Gasteiger partial charge in [0.2, 0.25) is 13.2 Å². The van der Waals surface area contributed by atoms with E-state index in [1.807, 2.05) is 0 Å². The van der Waals surface area contributed by atoms with Crippen molar-refractivity contribution < 1.29 is 14.3 Å². The molecule has 6 nitrogen and oxygen atoms in total. The lowest BCUT2D eigenvalue weighted by atomic mass is 10.3. The van der Waals surface area contributed by atoms with Crippen LogP contribution >= 0.6 is 39.7 Å². The highest BCUT2D eigenvalue weighted by molar-refractivity contribution is 9.10. The fourth-order valence-corrected chi connectivity index (χ4v) is 2.67. The van der Waals surface area contributed by atoms with Gasteiger partial charge in [-0.25, -0.2) is 5.01 Å². The summed E-state index contributed by atoms with van der Waals surface area (Å²) in [5.74, 6) is 1.20. The van der Waals surface area contributed by atoms with Crippen LogP contribution in [-0.2, 0) is 4.79 Å². The number of halogens is 2. The molecule has 1 heterocycles. The maximum absolute atomic E-state index is 11.4. The van der Waals surface area contributed by atoms with E-state index in [0.29, 0.717) is 34.3 Å². The smallest absolute Gasteiger partial charge is 0.232 e. The standard InChI is InChI=1S/C15H11BrClN3O3S/c16-11-3-1-9(5-12(11)17)18-15(24)19-20(7-21)10-2-4-13-14(6-10)23-8-22-13/h1-7H,8H2,(H2,18,19,24). The Morgan fingerprint density at radius 3 is 2.79 bits per heavy atom. The molecule has 0 fully saturated rings. The van der Waals surface area contributed by atoms with Gasteiger partial charge < -0.3 is 14.8 Å². The van der Waals surface area contributed by atoms with Crippen LogP contribution in [0.25, 0.3) is 0 Å². The van der Waals surface area contributed by atoms with Gasteiger partial charge in [0.25, 0.3) is 0 Å². The predicted molar refractivity (Wildman–Crippen MR) is 99.6 cm³/mol. The molecule has 0 spiro atoms. The zero-order chi connectivity index (χ0) is 17.1. The van der Waals surface area contributed by atoms with Gasteiger partial charge in [0.1, 0.15) is 0 Å². The van der Waals surface area contributed by atoms with E-state index in [9.17, 15) is 4.79 Å². The molecule has 1 aliphatic heterocycles. The molecule has 9 heteroatoms. The van der Waals surface area contributed by atoms with Crippen molar-refractivity contribution in [3.8, 4) is 11.5 Å². The molecule has 0 bridgehead atoms. The summed E-state index contributed by atoms with van der Waals surface area (Å²) in [5.41, 5.74) is 4.05. The molecule has 24 heavy (non-hydrogen) atoms. The predicted octanol–water partition coefficient (Wildman–Crippen LogP) is 3.70. The third-order valence-corrected chi connectivity index (χ3v) is 4.57. The van der Waals surface area contributed by atoms with E-state index < -0.39 is 0 Å². The number of ether oxygens (including phenoxy) is 2. The number of nitrogens with zero attached hydrogens (tertiary/aromatic N) is 1. The first-order chi connectivity index (χ1) is 11.6. The van der Waals surface area contributed by atoms with Crippen molar-refractivity contribution in [2.24, 2.45) is 0 Å². The van der Waals surface area contributed by atoms with E-state index >= 15 is 0 Å². The van der Waals surface area contributed by atoms with Crippen molar-refractivity contribution >= 4 is 62.6 Å². The summed E-state index contributed by atoms with van der Waals surface area (Å²) in [5, 5.41) is 4.97. The first-order valence-corrected chi connectivity index (χ1v) is 8.31. The second kappa shape index (κ2) is 7.25. The summed E-state index contributed by atoms with van der Waals surface area (Å²) in [6.07, 6.45) is 0.611. The molecule has 2 N–H and O–H groups in total. The summed E-state index contributed by atoms with van der Waals surface area (Å²) in [6.45, 7) is 0.164. The Morgan fingerprint density at radius 1 is 1.25 bits per heavy atom. The fourth-order valence-electron chi connectivity index (χ4n) is 2.03. The van der Waals surface area contributed by atoms with Crippen molar-refractivity contribution in [3.63, 3.8) is 0 Å². The van der Waals surface area contributed by atoms with Crippen LogP contribution in [0.15, 0.2) is 40.9 Å². The largest absolute Gasteiger partial charge is 0.454 e. The number of nitrogens with one attached hydrogen (secondary N) is 2. The molecular weight excluding hydrogens is 418 g/mol. The molecule has 0 unspecified atom stereocenters. The maximum atomic E-state index is 11.4. The minimum Gasteiger partial charge on any atom is -0.454 e. The Kier molecular flexibility index (Phi) is 5.08. The second-order valence-electron chi connectivity index (χ2n) is 4.71. The summed E-state index contributed by atoms with van der Waals surface area (Å²) < 4.78 is 11.3. The molecule has 1 aliphatic rings. The molecule has 3 rings (SSSR count). The van der Waals surface area contributed by atoms with Gasteiger partial charge in [-0.05, 0) is 58.5 Å². The molecule has 0 aliphatic carbocycles. The van der Waals surface area contributed by atoms with Crippen LogP contribution < -0.4 is 25.2 Å². The van der Waals surface area contributed by atoms with Crippen LogP contribution in [0.1, 0.15) is 0 Å². The SMILES string of the molecule is O=CN(NC(=S)Nc1ccc(Br)c(Cl)c1)c1ccc2c(c1)OCO2. The number of amides is 1. The lowest BCUT2D eigenvalue weighted by Crippen LogP contribution is -2.43. The van der Waals surface area contributed by atoms with Crippen molar-refractivity contribution in [3.05, 3.63) is 45.9 Å². The monoisotopic (exact) mass is 427 g/mol. The van der Waals surface area contributed by atoms with Crippen LogP contribution in [-0.4, -0.2) is 18.3 Å². The van der Waals surface area contributed by atoms with Gasteiger partial charge in [-0.1, -0.05) is 11.6 Å². The molecular formula is C15H11BrClN3O3S. The molecule has 0 aromatic heterocycles. The fraction of sp³-hybridized carbons (Fsp3) is 0.0667. The zero-order valence-electron chi connectivity index (χ0n) is 12.1. The quantitative estimate of drug-likeness (QED) is 0.440. The van der Waals surface area contributed by atoms with Crippen molar-refractivity contribution in [1.82, 2.24) is 5.43 Å². The van der Waals surface area contributed by atoms with Gasteiger partial charge >= 0.3 is 0 Å². The Bertz CT molecular complexity index is 806. The number of carbonyl (C=O) groups is 1. The van der Waals surface area contributed by atoms with E-state index in [1.54, 1.807) is 36.4 Å². The molecule has 0 atom stereocenters. The first kappa shape index (κ1) is 16.8. The van der Waals surface area contributed by atoms with Gasteiger partial charge in [-0.3, -0.25) is 10.2 Å². The highest BCUT2D eigenvalue weighted by atomic mass is 79.9. The minimum absolute atomic E-state index is 0.164. The topological polar surface area (TPSA) is 62.8 Å². The number of thiocarbonyl (C=S) groups is 1. The Balaban J connectivity index is 1.69. The molecule has 2 aromatic carbocycles. The van der Waals surface area contributed by atoms with E-state index in [1.165, 1.54) is 5.01 Å². The Labute approximate surface area is 156 Å². The summed E-state index contributed by atoms with van der Waals surface area (Å²) >= 11 is 14.6. The highest BCUT2D eigenvalue weighted by Crippen LogP contribution is 2.35. The van der Waals surface area contributed by atoms with E-state index in [-0.39, 0.29) is 11.9 Å². The first-order valence-electron chi connectivity index (χ1n) is 6.73. The van der Waals surface area contributed by atoms with Crippen LogP contribution in [0.2, 0.25) is 5.02 Å². The van der Waals surface area contributed by atoms with Gasteiger partial charge in [0, 0.05) is 16.2 Å². The Morgan fingerprint density at radius 2 is 2.04 bits per heavy atom. The van der Waals surface area contributed by atoms with E-state index in [4.69, 9.17) is 33.3 Å². The summed E-state index contributed by atoms with van der Waals surface area (Å²) in [7, 11) is 0. The number of anilines is 2. The third kappa shape index (κ3) is 3.72. The molecule has 0 saturated carbocycles. The summed E-state index contributed by atoms with van der Waals surface area (Å²) in [4.78, 5) is 11.4. The maximum Gasteiger partial charge on any atom is 0.232 e. The highest BCUT2D eigenvalue weighted by Gasteiger charge is 2.16. The normalized spacial score (nSPS) is 11.8. The van der Waals surface area contributed by atoms with Crippen LogP contribution in [0, 0.1) is 0 Å². The lowest BCUT2D eigenvalue weighted by Gasteiger charge is -2.21. The zero-order valence-corrected chi connectivity index (χ0v) is 15.2. The molecule has 124 valence electrons. The molecule has 0 saturated heterocycles. The van der Waals surface area contributed by atoms with Gasteiger partial charge in [-0.15, -0.1) is 0 Å². The lowest BCUT2D eigenvalue weighted by molar-refractivity contribution is -0.107. The Hall–Kier alpha value is -2.03. The number of hydrogen-bond donors (Lipinski definition) is 2. The number of benzene rings is 2. The molecule has 1 amide bonds. The number of fused-ring (bicyclic) bond motifs is 1. The third-order valence-electron chi connectivity index (χ3n) is 3.14. The number of carbonyl (C=O) groups excluding carboxylic acids is 1. The average molecular weight is 429 g/mol. The van der Waals surface area contributed by atoms with Crippen molar-refractivity contribution in [2.75, 3.05) is 17.1 Å². The van der Waals surface area contributed by atoms with Crippen molar-refractivity contribution in [2.45, 2.75) is 0 Å². The van der Waals surface area contributed by atoms with Crippen LogP contribution in [0.5, 0.6) is 11.5 Å². The molecule has 2 aromatic rings. The van der Waals surface area contributed by atoms with Gasteiger partial charge in [-0.2, -0.15) is 0 Å². The molecule has 0 radical (unpaired) electrons. The minimum atomic E-state index is 0.164. The van der Waals surface area contributed by atoms with Crippen molar-refractivity contribution in [1.29, 1.82) is 0 Å². The van der Waals surface area contributed by atoms with Crippen LogP contribution in [0.4, 0.5) is 11.4 Å². The van der Waals surface area contributed by atoms with Gasteiger partial charge in [0.05, 0.1) is 10.7 Å². The van der Waals surface area contributed by atoms with Crippen LogP contribution in [0.3, 0.4) is 0 Å². The number of hydrogen-bond acceptors (Lipinski definition) is 4. The summed E-state index contributed by atoms with van der Waals surface area (Å²) in [6, 6.07) is 10.4. The second-order valence-corrected chi connectivity index (χ2v) is 6.38. The number of hydrazine groups is 1. The average Bonchev–Trinajstić information content (AvgIpc) is 3.03.